The topological polar surface area (TPSA) is 96.0 Å². The summed E-state index contributed by atoms with van der Waals surface area (Å²) >= 11 is 6.53. The second-order valence-corrected chi connectivity index (χ2v) is 13.4. The summed E-state index contributed by atoms with van der Waals surface area (Å²) in [5.41, 5.74) is 2.59. The molecule has 5 rings (SSSR count). The molecule has 0 fully saturated rings. The first kappa shape index (κ1) is 34.2. The molecule has 2 amide bonds. The molecule has 5 aromatic carbocycles. The number of rotatable bonds is 13. The van der Waals surface area contributed by atoms with Gasteiger partial charge in [-0.2, -0.15) is 0 Å². The number of carbonyl (C=O) groups excluding carboxylic acids is 2. The highest BCUT2D eigenvalue weighted by Crippen LogP contribution is 2.29. The smallest absolute Gasteiger partial charge is 0.264 e. The quantitative estimate of drug-likeness (QED) is 0.144. The number of ether oxygens (including phenoxy) is 1. The maximum atomic E-state index is 14.5. The van der Waals surface area contributed by atoms with E-state index in [1.165, 1.54) is 24.1 Å². The van der Waals surface area contributed by atoms with Crippen LogP contribution in [0.15, 0.2) is 138 Å². The van der Waals surface area contributed by atoms with E-state index in [9.17, 15) is 18.0 Å². The van der Waals surface area contributed by atoms with E-state index >= 15 is 0 Å². The number of carbonyl (C=O) groups is 2. The Morgan fingerprint density at radius 2 is 1.35 bits per heavy atom. The molecular formula is C38H36ClN3O5S. The molecule has 0 saturated carbocycles. The molecule has 1 N–H and O–H groups in total. The molecule has 0 unspecified atom stereocenters. The molecule has 0 aliphatic rings. The van der Waals surface area contributed by atoms with Crippen molar-refractivity contribution in [2.24, 2.45) is 0 Å². The van der Waals surface area contributed by atoms with Gasteiger partial charge in [0.05, 0.1) is 10.6 Å². The molecular weight excluding hydrogens is 646 g/mol. The van der Waals surface area contributed by atoms with Crippen molar-refractivity contribution in [1.29, 1.82) is 0 Å². The third kappa shape index (κ3) is 8.42. The van der Waals surface area contributed by atoms with Gasteiger partial charge in [-0.3, -0.25) is 13.9 Å². The van der Waals surface area contributed by atoms with Crippen molar-refractivity contribution < 1.29 is 22.7 Å². The maximum absolute atomic E-state index is 14.5. The number of sulfonamides is 1. The summed E-state index contributed by atoms with van der Waals surface area (Å²) < 4.78 is 35.5. The number of likely N-dealkylation sites (N-methyl/N-ethyl adjacent to an activating group) is 1. The molecule has 48 heavy (non-hydrogen) atoms. The number of halogens is 1. The van der Waals surface area contributed by atoms with Crippen LogP contribution in [0.25, 0.3) is 0 Å². The highest BCUT2D eigenvalue weighted by Gasteiger charge is 2.34. The fourth-order valence-electron chi connectivity index (χ4n) is 5.20. The van der Waals surface area contributed by atoms with E-state index in [2.05, 4.69) is 5.32 Å². The average molecular weight is 682 g/mol. The third-order valence-electron chi connectivity index (χ3n) is 7.81. The van der Waals surface area contributed by atoms with Crippen LogP contribution in [0.5, 0.6) is 11.5 Å². The fraction of sp³-hybridized carbons (Fsp3) is 0.158. The summed E-state index contributed by atoms with van der Waals surface area (Å²) in [4.78, 5) is 29.4. The molecule has 0 aliphatic heterocycles. The molecule has 0 radical (unpaired) electrons. The van der Waals surface area contributed by atoms with Gasteiger partial charge in [-0.25, -0.2) is 8.42 Å². The van der Waals surface area contributed by atoms with Gasteiger partial charge in [-0.05, 0) is 72.6 Å². The third-order valence-corrected chi connectivity index (χ3v) is 9.96. The molecule has 0 bridgehead atoms. The zero-order chi connectivity index (χ0) is 34.1. The highest BCUT2D eigenvalue weighted by molar-refractivity contribution is 7.92. The minimum Gasteiger partial charge on any atom is -0.457 e. The Bertz CT molecular complexity index is 1940. The minimum atomic E-state index is -4.24. The van der Waals surface area contributed by atoms with Gasteiger partial charge >= 0.3 is 0 Å². The lowest BCUT2D eigenvalue weighted by atomic mass is 10.0. The van der Waals surface area contributed by atoms with Crippen LogP contribution in [-0.2, 0) is 32.6 Å². The molecule has 0 saturated heterocycles. The molecule has 0 aromatic heterocycles. The molecule has 8 nitrogen and oxygen atoms in total. The summed E-state index contributed by atoms with van der Waals surface area (Å²) in [5, 5.41) is 3.10. The lowest BCUT2D eigenvalue weighted by molar-refractivity contribution is -0.139. The molecule has 0 heterocycles. The van der Waals surface area contributed by atoms with E-state index in [0.29, 0.717) is 22.1 Å². The van der Waals surface area contributed by atoms with Crippen molar-refractivity contribution in [3.05, 3.63) is 155 Å². The molecule has 0 spiro atoms. The summed E-state index contributed by atoms with van der Waals surface area (Å²) in [6.45, 7) is 1.26. The first-order valence-corrected chi connectivity index (χ1v) is 17.2. The maximum Gasteiger partial charge on any atom is 0.264 e. The van der Waals surface area contributed by atoms with Gasteiger partial charge in [0, 0.05) is 25.0 Å². The van der Waals surface area contributed by atoms with E-state index in [-0.39, 0.29) is 23.5 Å². The van der Waals surface area contributed by atoms with Gasteiger partial charge < -0.3 is 15.0 Å². The van der Waals surface area contributed by atoms with Crippen molar-refractivity contribution in [2.75, 3.05) is 17.9 Å². The lowest BCUT2D eigenvalue weighted by Crippen LogP contribution is -2.53. The Balaban J connectivity index is 1.55. The zero-order valence-electron chi connectivity index (χ0n) is 26.6. The van der Waals surface area contributed by atoms with Crippen molar-refractivity contribution in [3.8, 4) is 11.5 Å². The van der Waals surface area contributed by atoms with Crippen LogP contribution >= 0.6 is 11.6 Å². The summed E-state index contributed by atoms with van der Waals surface area (Å²) in [5.74, 6) is 0.139. The summed E-state index contributed by atoms with van der Waals surface area (Å²) in [6.07, 6.45) is 0.201. The molecule has 0 aliphatic carbocycles. The summed E-state index contributed by atoms with van der Waals surface area (Å²) in [6, 6.07) is 37.5. The number of benzene rings is 5. The zero-order valence-corrected chi connectivity index (χ0v) is 28.2. The van der Waals surface area contributed by atoms with Gasteiger partial charge in [-0.1, -0.05) is 96.0 Å². The molecule has 246 valence electrons. The fourth-order valence-corrected chi connectivity index (χ4v) is 6.81. The van der Waals surface area contributed by atoms with Crippen molar-refractivity contribution in [1.82, 2.24) is 10.2 Å². The Morgan fingerprint density at radius 1 is 0.771 bits per heavy atom. The number of para-hydroxylation sites is 1. The SMILES string of the molecule is CNC(=O)[C@H](Cc1ccccc1)N(Cc1ccccc1Cl)C(=O)CN(c1ccc(Oc2ccccc2)cc1)S(=O)(=O)c1ccc(C)cc1. The van der Waals surface area contributed by atoms with Crippen LogP contribution in [0.2, 0.25) is 5.02 Å². The second-order valence-electron chi connectivity index (χ2n) is 11.2. The van der Waals surface area contributed by atoms with Gasteiger partial charge in [0.25, 0.3) is 10.0 Å². The Hall–Kier alpha value is -5.12. The number of nitrogens with one attached hydrogen (secondary N) is 1. The average Bonchev–Trinajstić information content (AvgIpc) is 3.10. The number of nitrogens with zero attached hydrogens (tertiary/aromatic N) is 2. The predicted octanol–water partition coefficient (Wildman–Crippen LogP) is 7.02. The second kappa shape index (κ2) is 15.6. The van der Waals surface area contributed by atoms with Crippen LogP contribution in [0, 0.1) is 6.92 Å². The monoisotopic (exact) mass is 681 g/mol. The summed E-state index contributed by atoms with van der Waals surface area (Å²) in [7, 11) is -2.74. The van der Waals surface area contributed by atoms with Gasteiger partial charge in [-0.15, -0.1) is 0 Å². The van der Waals surface area contributed by atoms with E-state index < -0.39 is 34.4 Å². The minimum absolute atomic E-state index is 0.0221. The standard InChI is InChI=1S/C38H36ClN3O5S/c1-28-17-23-34(24-18-28)48(45,46)42(31-19-21-33(22-20-31)47-32-14-7-4-8-15-32)27-37(43)41(26-30-13-9-10-16-35(30)39)36(38(44)40-2)25-29-11-5-3-6-12-29/h3-24,36H,25-27H2,1-2H3,(H,40,44)/t36-/m0/s1. The van der Waals surface area contributed by atoms with Crippen LogP contribution in [0.4, 0.5) is 5.69 Å². The van der Waals surface area contributed by atoms with Crippen LogP contribution < -0.4 is 14.4 Å². The number of aryl methyl sites for hydroxylation is 1. The normalized spacial score (nSPS) is 11.7. The van der Waals surface area contributed by atoms with Crippen molar-refractivity contribution >= 4 is 39.1 Å². The van der Waals surface area contributed by atoms with E-state index in [0.717, 1.165) is 15.4 Å². The van der Waals surface area contributed by atoms with Crippen molar-refractivity contribution in [3.63, 3.8) is 0 Å². The van der Waals surface area contributed by atoms with Crippen LogP contribution in [0.1, 0.15) is 16.7 Å². The van der Waals surface area contributed by atoms with Crippen LogP contribution in [-0.4, -0.2) is 44.8 Å². The number of amides is 2. The Morgan fingerprint density at radius 3 is 1.98 bits per heavy atom. The van der Waals surface area contributed by atoms with E-state index in [4.69, 9.17) is 16.3 Å². The van der Waals surface area contributed by atoms with Crippen LogP contribution in [0.3, 0.4) is 0 Å². The molecule has 10 heteroatoms. The van der Waals surface area contributed by atoms with Crippen molar-refractivity contribution in [2.45, 2.75) is 30.8 Å². The molecule has 5 aromatic rings. The number of anilines is 1. The van der Waals surface area contributed by atoms with Gasteiger partial charge in [0.15, 0.2) is 0 Å². The molecule has 1 atom stereocenters. The highest BCUT2D eigenvalue weighted by atomic mass is 35.5. The predicted molar refractivity (Wildman–Crippen MR) is 189 cm³/mol. The first-order chi connectivity index (χ1) is 23.2. The first-order valence-electron chi connectivity index (χ1n) is 15.4. The lowest BCUT2D eigenvalue weighted by Gasteiger charge is -2.33. The van der Waals surface area contributed by atoms with Gasteiger partial charge in [0.1, 0.15) is 24.1 Å². The van der Waals surface area contributed by atoms with E-state index in [1.807, 2.05) is 67.6 Å². The Kier molecular flexibility index (Phi) is 11.2. The Labute approximate surface area is 286 Å². The van der Waals surface area contributed by atoms with E-state index in [1.54, 1.807) is 60.7 Å². The largest absolute Gasteiger partial charge is 0.457 e. The van der Waals surface area contributed by atoms with Gasteiger partial charge in [0.2, 0.25) is 11.8 Å². The number of hydrogen-bond donors (Lipinski definition) is 1. The number of hydrogen-bond acceptors (Lipinski definition) is 5.